The summed E-state index contributed by atoms with van der Waals surface area (Å²) in [6.07, 6.45) is 2.91. The van der Waals surface area contributed by atoms with Gasteiger partial charge in [-0.05, 0) is 19.1 Å². The van der Waals surface area contributed by atoms with E-state index in [1.807, 2.05) is 13.8 Å². The number of aromatic nitrogens is 6. The molecule has 31 heavy (non-hydrogen) atoms. The van der Waals surface area contributed by atoms with Crippen molar-refractivity contribution in [2.24, 2.45) is 5.16 Å². The molecule has 1 N–H and O–H groups in total. The molecule has 3 aromatic heterocycles. The summed E-state index contributed by atoms with van der Waals surface area (Å²) in [5, 5.41) is 20.6. The Kier molecular flexibility index (Phi) is 7.08. The normalized spacial score (nSPS) is 11.5. The molecule has 0 unspecified atom stereocenters. The number of nitrogens with zero attached hydrogens (tertiary/aromatic N) is 7. The molecule has 162 valence electrons. The van der Waals surface area contributed by atoms with Crippen LogP contribution in [-0.2, 0) is 11.4 Å². The number of hydrogen-bond donors (Lipinski definition) is 1. The number of aliphatic hydroxyl groups is 1. The Hall–Kier alpha value is -3.60. The molecule has 0 saturated heterocycles. The second-order valence-electron chi connectivity index (χ2n) is 6.10. The highest BCUT2D eigenvalue weighted by Gasteiger charge is 2.18. The monoisotopic (exact) mass is 429 g/mol. The maximum atomic E-state index is 14.9. The van der Waals surface area contributed by atoms with E-state index in [1.54, 1.807) is 13.0 Å². The lowest BCUT2D eigenvalue weighted by Crippen LogP contribution is -2.09. The summed E-state index contributed by atoms with van der Waals surface area (Å²) < 4.78 is 30.6. The number of oxime groups is 1. The van der Waals surface area contributed by atoms with Crippen LogP contribution < -0.4 is 0 Å². The zero-order chi connectivity index (χ0) is 22.4. The lowest BCUT2D eigenvalue weighted by molar-refractivity contribution is 0.0986. The van der Waals surface area contributed by atoms with Gasteiger partial charge in [0.1, 0.15) is 29.6 Å². The van der Waals surface area contributed by atoms with E-state index in [0.29, 0.717) is 11.4 Å². The van der Waals surface area contributed by atoms with Gasteiger partial charge in [0.05, 0.1) is 24.9 Å². The van der Waals surface area contributed by atoms with E-state index in [4.69, 9.17) is 9.94 Å². The van der Waals surface area contributed by atoms with Crippen LogP contribution in [0.15, 0.2) is 35.7 Å². The van der Waals surface area contributed by atoms with E-state index in [0.717, 1.165) is 0 Å². The highest BCUT2D eigenvalue weighted by atomic mass is 19.1. The molecule has 4 rings (SSSR count). The number of aliphatic hydroxyl groups excluding tert-OH is 1. The van der Waals surface area contributed by atoms with Crippen LogP contribution in [0.1, 0.15) is 32.0 Å². The van der Waals surface area contributed by atoms with Crippen LogP contribution in [0.2, 0.25) is 0 Å². The second-order valence-corrected chi connectivity index (χ2v) is 6.10. The smallest absolute Gasteiger partial charge is 0.221 e. The SMILES string of the molecule is C/C(=N\OCCO)c1cnc2nnn(Cc3c(F)cc4ncccc4c3F)c2n1.CC. The standard InChI is InChI=1S/C18H15F2N7O2.C2H6/c1-10(25-29-6-5-28)15-8-22-17-18(23-15)27(26-24-17)9-12-13(19)7-14-11(16(12)20)3-2-4-21-14;1-2/h2-4,7-8,28H,5-6,9H2,1H3;1-2H3/b25-10+;. The molecule has 0 fully saturated rings. The van der Waals surface area contributed by atoms with E-state index in [2.05, 4.69) is 30.4 Å². The molecule has 0 spiro atoms. The van der Waals surface area contributed by atoms with Crippen molar-refractivity contribution in [3.8, 4) is 0 Å². The third-order valence-electron chi connectivity index (χ3n) is 4.18. The van der Waals surface area contributed by atoms with Crippen LogP contribution in [0.3, 0.4) is 0 Å². The van der Waals surface area contributed by atoms with Crippen LogP contribution in [0.4, 0.5) is 8.78 Å². The fourth-order valence-corrected chi connectivity index (χ4v) is 2.75. The van der Waals surface area contributed by atoms with Crippen LogP contribution in [-0.4, -0.2) is 54.0 Å². The summed E-state index contributed by atoms with van der Waals surface area (Å²) in [6, 6.07) is 4.29. The molecule has 0 radical (unpaired) electrons. The quantitative estimate of drug-likeness (QED) is 0.285. The van der Waals surface area contributed by atoms with Gasteiger partial charge in [-0.15, -0.1) is 5.10 Å². The third-order valence-corrected chi connectivity index (χ3v) is 4.18. The van der Waals surface area contributed by atoms with Crippen molar-refractivity contribution in [1.82, 2.24) is 29.9 Å². The molecule has 9 nitrogen and oxygen atoms in total. The molecule has 0 aliphatic carbocycles. The summed E-state index contributed by atoms with van der Waals surface area (Å²) in [4.78, 5) is 17.4. The molecule has 0 amide bonds. The average Bonchev–Trinajstić information content (AvgIpc) is 3.20. The molecular weight excluding hydrogens is 408 g/mol. The topological polar surface area (TPSA) is 111 Å². The van der Waals surface area contributed by atoms with Crippen molar-refractivity contribution in [2.45, 2.75) is 27.3 Å². The Bertz CT molecular complexity index is 1230. The van der Waals surface area contributed by atoms with Gasteiger partial charge in [-0.1, -0.05) is 24.2 Å². The van der Waals surface area contributed by atoms with E-state index >= 15 is 0 Å². The van der Waals surface area contributed by atoms with Crippen LogP contribution in [0.5, 0.6) is 0 Å². The fraction of sp³-hybridized carbons (Fsp3) is 0.300. The van der Waals surface area contributed by atoms with Crippen molar-refractivity contribution in [2.75, 3.05) is 13.2 Å². The number of rotatable bonds is 6. The Morgan fingerprint density at radius 2 is 2.06 bits per heavy atom. The molecular formula is C20H21F2N7O2. The van der Waals surface area contributed by atoms with Crippen LogP contribution in [0.25, 0.3) is 22.2 Å². The molecule has 0 aliphatic heterocycles. The fourth-order valence-electron chi connectivity index (χ4n) is 2.75. The Balaban J connectivity index is 0.00000132. The molecule has 3 heterocycles. The second kappa shape index (κ2) is 9.94. The number of halogens is 2. The Morgan fingerprint density at radius 1 is 1.26 bits per heavy atom. The van der Waals surface area contributed by atoms with Gasteiger partial charge in [0.25, 0.3) is 0 Å². The summed E-state index contributed by atoms with van der Waals surface area (Å²) in [6.45, 7) is 5.30. The molecule has 4 aromatic rings. The van der Waals surface area contributed by atoms with Gasteiger partial charge in [-0.3, -0.25) is 4.98 Å². The largest absolute Gasteiger partial charge is 0.393 e. The molecule has 0 saturated carbocycles. The molecule has 1 aromatic carbocycles. The lowest BCUT2D eigenvalue weighted by atomic mass is 10.1. The zero-order valence-corrected chi connectivity index (χ0v) is 17.2. The number of fused-ring (bicyclic) bond motifs is 2. The zero-order valence-electron chi connectivity index (χ0n) is 17.2. The van der Waals surface area contributed by atoms with Crippen molar-refractivity contribution in [1.29, 1.82) is 0 Å². The first kappa shape index (κ1) is 22.1. The maximum absolute atomic E-state index is 14.9. The third kappa shape index (κ3) is 4.61. The first-order valence-corrected chi connectivity index (χ1v) is 9.64. The van der Waals surface area contributed by atoms with E-state index in [1.165, 1.54) is 29.2 Å². The highest BCUT2D eigenvalue weighted by Crippen LogP contribution is 2.23. The number of hydrogen-bond acceptors (Lipinski definition) is 8. The molecule has 11 heteroatoms. The van der Waals surface area contributed by atoms with Gasteiger partial charge in [-0.2, -0.15) is 0 Å². The maximum Gasteiger partial charge on any atom is 0.221 e. The van der Waals surface area contributed by atoms with Crippen LogP contribution >= 0.6 is 0 Å². The first-order chi connectivity index (χ1) is 15.1. The predicted molar refractivity (Wildman–Crippen MR) is 110 cm³/mol. The Morgan fingerprint density at radius 3 is 2.84 bits per heavy atom. The minimum atomic E-state index is -0.739. The van der Waals surface area contributed by atoms with Gasteiger partial charge < -0.3 is 9.94 Å². The van der Waals surface area contributed by atoms with E-state index in [9.17, 15) is 8.78 Å². The predicted octanol–water partition coefficient (Wildman–Crippen LogP) is 2.86. The van der Waals surface area contributed by atoms with Crippen molar-refractivity contribution >= 4 is 27.9 Å². The van der Waals surface area contributed by atoms with Gasteiger partial charge in [0.15, 0.2) is 5.65 Å². The lowest BCUT2D eigenvalue weighted by Gasteiger charge is -2.08. The van der Waals surface area contributed by atoms with E-state index in [-0.39, 0.29) is 47.5 Å². The van der Waals surface area contributed by atoms with Gasteiger partial charge in [0, 0.05) is 23.2 Å². The van der Waals surface area contributed by atoms with Crippen LogP contribution in [0, 0.1) is 11.6 Å². The summed E-state index contributed by atoms with van der Waals surface area (Å²) >= 11 is 0. The summed E-state index contributed by atoms with van der Waals surface area (Å²) in [7, 11) is 0. The van der Waals surface area contributed by atoms with Crippen molar-refractivity contribution < 1.29 is 18.7 Å². The highest BCUT2D eigenvalue weighted by molar-refractivity contribution is 5.97. The number of benzene rings is 1. The van der Waals surface area contributed by atoms with E-state index < -0.39 is 11.6 Å². The molecule has 0 atom stereocenters. The minimum absolute atomic E-state index is 0.0435. The minimum Gasteiger partial charge on any atom is -0.393 e. The Labute approximate surface area is 176 Å². The van der Waals surface area contributed by atoms with Crippen molar-refractivity contribution in [3.05, 3.63) is 53.5 Å². The average molecular weight is 429 g/mol. The summed E-state index contributed by atoms with van der Waals surface area (Å²) in [5.41, 5.74) is 1.30. The first-order valence-electron chi connectivity index (χ1n) is 9.64. The van der Waals surface area contributed by atoms with Gasteiger partial charge in [-0.25, -0.2) is 23.4 Å². The van der Waals surface area contributed by atoms with Crippen molar-refractivity contribution in [3.63, 3.8) is 0 Å². The molecule has 0 bridgehead atoms. The van der Waals surface area contributed by atoms with Gasteiger partial charge in [0.2, 0.25) is 5.65 Å². The van der Waals surface area contributed by atoms with Gasteiger partial charge >= 0.3 is 0 Å². The summed E-state index contributed by atoms with van der Waals surface area (Å²) in [5.74, 6) is -1.45. The number of pyridine rings is 1. The molecule has 0 aliphatic rings.